The first-order valence-electron chi connectivity index (χ1n) is 7.15. The molecule has 0 amide bonds. The second-order valence-corrected chi connectivity index (χ2v) is 6.20. The molecule has 0 spiro atoms. The van der Waals surface area contributed by atoms with Crippen LogP contribution in [0.5, 0.6) is 0 Å². The van der Waals surface area contributed by atoms with E-state index in [4.69, 9.17) is 0 Å². The van der Waals surface area contributed by atoms with Gasteiger partial charge < -0.3 is 10.0 Å². The zero-order valence-electron chi connectivity index (χ0n) is 11.2. The molecule has 2 unspecified atom stereocenters. The van der Waals surface area contributed by atoms with Crippen molar-refractivity contribution in [3.63, 3.8) is 0 Å². The van der Waals surface area contributed by atoms with Crippen LogP contribution >= 0.6 is 0 Å². The van der Waals surface area contributed by atoms with E-state index in [1.165, 1.54) is 30.4 Å². The van der Waals surface area contributed by atoms with Gasteiger partial charge in [-0.3, -0.25) is 0 Å². The molecule has 2 atom stereocenters. The molecule has 0 aromatic heterocycles. The van der Waals surface area contributed by atoms with E-state index in [1.54, 1.807) is 0 Å². The third kappa shape index (κ3) is 2.32. The molecule has 0 radical (unpaired) electrons. The molecule has 1 aromatic rings. The summed E-state index contributed by atoms with van der Waals surface area (Å²) in [5.41, 5.74) is 2.54. The van der Waals surface area contributed by atoms with Gasteiger partial charge in [0.05, 0.1) is 5.60 Å². The fraction of sp³-hybridized carbons (Fsp3) is 0.625. The molecular weight excluding hydrogens is 222 g/mol. The van der Waals surface area contributed by atoms with E-state index < -0.39 is 5.60 Å². The minimum atomic E-state index is -0.454. The highest BCUT2D eigenvalue weighted by atomic mass is 16.3. The van der Waals surface area contributed by atoms with Crippen LogP contribution in [-0.2, 0) is 6.42 Å². The Balaban J connectivity index is 1.78. The van der Waals surface area contributed by atoms with Gasteiger partial charge in [-0.25, -0.2) is 0 Å². The Morgan fingerprint density at radius 2 is 2.22 bits per heavy atom. The summed E-state index contributed by atoms with van der Waals surface area (Å²) < 4.78 is 0. The maximum Gasteiger partial charge on any atom is 0.0791 e. The Kier molecular flexibility index (Phi) is 3.16. The molecule has 0 bridgehead atoms. The second kappa shape index (κ2) is 4.67. The molecule has 2 nitrogen and oxygen atoms in total. The average molecular weight is 245 g/mol. The smallest absolute Gasteiger partial charge is 0.0791 e. The first-order chi connectivity index (χ1) is 8.66. The third-order valence-corrected chi connectivity index (χ3v) is 4.64. The van der Waals surface area contributed by atoms with Crippen molar-refractivity contribution in [2.24, 2.45) is 0 Å². The molecule has 2 heteroatoms. The van der Waals surface area contributed by atoms with Gasteiger partial charge in [0, 0.05) is 13.1 Å². The van der Waals surface area contributed by atoms with Gasteiger partial charge in [-0.05, 0) is 56.2 Å². The van der Waals surface area contributed by atoms with E-state index in [0.717, 1.165) is 25.9 Å². The van der Waals surface area contributed by atoms with E-state index in [1.807, 2.05) is 0 Å². The van der Waals surface area contributed by atoms with Gasteiger partial charge in [0.25, 0.3) is 0 Å². The Morgan fingerprint density at radius 3 is 3.00 bits per heavy atom. The molecule has 1 aliphatic carbocycles. The lowest BCUT2D eigenvalue weighted by molar-refractivity contribution is 0.0342. The summed E-state index contributed by atoms with van der Waals surface area (Å²) in [7, 11) is 2.10. The summed E-state index contributed by atoms with van der Waals surface area (Å²) in [4.78, 5) is 2.24. The van der Waals surface area contributed by atoms with E-state index in [-0.39, 0.29) is 0 Å². The number of aryl methyl sites for hydroxylation is 1. The van der Waals surface area contributed by atoms with Crippen molar-refractivity contribution in [1.82, 2.24) is 4.90 Å². The number of nitrogens with zero attached hydrogens (tertiary/aromatic N) is 1. The third-order valence-electron chi connectivity index (χ3n) is 4.64. The van der Waals surface area contributed by atoms with Gasteiger partial charge >= 0.3 is 0 Å². The Bertz CT molecular complexity index is 431. The summed E-state index contributed by atoms with van der Waals surface area (Å²) in [6, 6.07) is 8.80. The zero-order valence-corrected chi connectivity index (χ0v) is 11.2. The van der Waals surface area contributed by atoms with Gasteiger partial charge in [0.2, 0.25) is 0 Å². The predicted molar refractivity (Wildman–Crippen MR) is 73.8 cm³/mol. The first-order valence-corrected chi connectivity index (χ1v) is 7.15. The van der Waals surface area contributed by atoms with Gasteiger partial charge in [-0.1, -0.05) is 24.3 Å². The predicted octanol–water partition coefficient (Wildman–Crippen LogP) is 2.56. The molecule has 1 N–H and O–H groups in total. The molecule has 3 rings (SSSR count). The monoisotopic (exact) mass is 245 g/mol. The summed E-state index contributed by atoms with van der Waals surface area (Å²) in [5, 5.41) is 10.7. The van der Waals surface area contributed by atoms with Crippen molar-refractivity contribution >= 4 is 0 Å². The number of rotatable bonds is 2. The number of benzene rings is 1. The van der Waals surface area contributed by atoms with Crippen molar-refractivity contribution in [3.8, 4) is 0 Å². The number of hydrogen-bond acceptors (Lipinski definition) is 2. The Hall–Kier alpha value is -0.860. The van der Waals surface area contributed by atoms with Crippen molar-refractivity contribution in [2.45, 2.75) is 43.6 Å². The second-order valence-electron chi connectivity index (χ2n) is 6.20. The summed E-state index contributed by atoms with van der Waals surface area (Å²) in [6.07, 6.45) is 5.60. The minimum absolute atomic E-state index is 0.454. The van der Waals surface area contributed by atoms with Gasteiger partial charge in [0.15, 0.2) is 0 Å². The topological polar surface area (TPSA) is 23.5 Å². The van der Waals surface area contributed by atoms with Gasteiger partial charge in [-0.15, -0.1) is 0 Å². The molecule has 18 heavy (non-hydrogen) atoms. The summed E-state index contributed by atoms with van der Waals surface area (Å²) in [5.74, 6) is 0.562. The van der Waals surface area contributed by atoms with Gasteiger partial charge in [0.1, 0.15) is 0 Å². The van der Waals surface area contributed by atoms with Crippen molar-refractivity contribution in [2.75, 3.05) is 20.1 Å². The molecule has 0 saturated carbocycles. The number of likely N-dealkylation sites (N-methyl/N-ethyl adjacent to an activating group) is 1. The number of fused-ring (bicyclic) bond motifs is 1. The summed E-state index contributed by atoms with van der Waals surface area (Å²) >= 11 is 0. The molecular formula is C16H23NO. The fourth-order valence-electron chi connectivity index (χ4n) is 3.75. The molecule has 1 fully saturated rings. The highest BCUT2D eigenvalue weighted by Gasteiger charge is 2.37. The zero-order chi connectivity index (χ0) is 12.6. The maximum atomic E-state index is 10.7. The molecule has 1 saturated heterocycles. The normalized spacial score (nSPS) is 32.4. The molecule has 1 heterocycles. The van der Waals surface area contributed by atoms with Crippen molar-refractivity contribution in [1.29, 1.82) is 0 Å². The van der Waals surface area contributed by atoms with Crippen LogP contribution < -0.4 is 0 Å². The SMILES string of the molecule is CN1CCC(O)(CC2CCCc3ccccc32)C1. The van der Waals surface area contributed by atoms with Gasteiger partial charge in [-0.2, -0.15) is 0 Å². The van der Waals surface area contributed by atoms with Crippen LogP contribution in [0.15, 0.2) is 24.3 Å². The molecule has 2 aliphatic rings. The van der Waals surface area contributed by atoms with Crippen LogP contribution in [0.2, 0.25) is 0 Å². The van der Waals surface area contributed by atoms with Crippen molar-refractivity contribution < 1.29 is 5.11 Å². The summed E-state index contributed by atoms with van der Waals surface area (Å²) in [6.45, 7) is 1.87. The largest absolute Gasteiger partial charge is 0.388 e. The lowest BCUT2D eigenvalue weighted by Crippen LogP contribution is -2.34. The van der Waals surface area contributed by atoms with Crippen LogP contribution in [0.3, 0.4) is 0 Å². The molecule has 1 aromatic carbocycles. The first kappa shape index (κ1) is 12.2. The van der Waals surface area contributed by atoms with Crippen LogP contribution in [0.1, 0.15) is 42.7 Å². The molecule has 1 aliphatic heterocycles. The van der Waals surface area contributed by atoms with E-state index in [0.29, 0.717) is 5.92 Å². The van der Waals surface area contributed by atoms with E-state index >= 15 is 0 Å². The number of β-amino-alcohol motifs (C(OH)–C–C–N with tert-alkyl or cyclic N) is 1. The number of aliphatic hydroxyl groups is 1. The number of hydrogen-bond donors (Lipinski definition) is 1. The standard InChI is InChI=1S/C16H23NO/c1-17-10-9-16(18,12-17)11-14-7-4-6-13-5-2-3-8-15(13)14/h2-3,5,8,14,18H,4,6-7,9-12H2,1H3. The Labute approximate surface area is 110 Å². The minimum Gasteiger partial charge on any atom is -0.388 e. The molecule has 98 valence electrons. The van der Waals surface area contributed by atoms with Crippen LogP contribution in [0.25, 0.3) is 0 Å². The fourth-order valence-corrected chi connectivity index (χ4v) is 3.75. The van der Waals surface area contributed by atoms with E-state index in [2.05, 4.69) is 36.2 Å². The van der Waals surface area contributed by atoms with Crippen molar-refractivity contribution in [3.05, 3.63) is 35.4 Å². The van der Waals surface area contributed by atoms with Crippen LogP contribution in [0, 0.1) is 0 Å². The lowest BCUT2D eigenvalue weighted by Gasteiger charge is -2.32. The maximum absolute atomic E-state index is 10.7. The van der Waals surface area contributed by atoms with Crippen LogP contribution in [-0.4, -0.2) is 35.7 Å². The Morgan fingerprint density at radius 1 is 1.39 bits per heavy atom. The lowest BCUT2D eigenvalue weighted by atomic mass is 9.76. The van der Waals surface area contributed by atoms with Crippen LogP contribution in [0.4, 0.5) is 0 Å². The number of likely N-dealkylation sites (tertiary alicyclic amines) is 1. The highest BCUT2D eigenvalue weighted by molar-refractivity contribution is 5.33. The average Bonchev–Trinajstić information content (AvgIpc) is 2.70. The quantitative estimate of drug-likeness (QED) is 0.865. The highest BCUT2D eigenvalue weighted by Crippen LogP contribution is 2.39. The van der Waals surface area contributed by atoms with E-state index in [9.17, 15) is 5.11 Å².